The maximum absolute atomic E-state index is 13.3. The fourth-order valence-electron chi connectivity index (χ4n) is 3.62. The van der Waals surface area contributed by atoms with Crippen LogP contribution in [0.3, 0.4) is 0 Å². The molecule has 0 saturated heterocycles. The van der Waals surface area contributed by atoms with E-state index in [-0.39, 0.29) is 24.5 Å². The van der Waals surface area contributed by atoms with Gasteiger partial charge in [0.25, 0.3) is 0 Å². The summed E-state index contributed by atoms with van der Waals surface area (Å²) in [6, 6.07) is 3.14. The summed E-state index contributed by atoms with van der Waals surface area (Å²) in [4.78, 5) is 36.9. The van der Waals surface area contributed by atoms with Gasteiger partial charge >= 0.3 is 12.2 Å². The third-order valence-corrected chi connectivity index (χ3v) is 6.57. The number of alkyl carbamates (subject to hydrolysis) is 1. The molecule has 0 aliphatic rings. The predicted octanol–water partition coefficient (Wildman–Crippen LogP) is 6.27. The van der Waals surface area contributed by atoms with Gasteiger partial charge in [0.05, 0.1) is 35.7 Å². The van der Waals surface area contributed by atoms with Crippen LogP contribution >= 0.6 is 22.9 Å². The lowest BCUT2D eigenvalue weighted by atomic mass is 10.1. The number of methoxy groups -OCH3 is 1. The molecule has 0 bridgehead atoms. The summed E-state index contributed by atoms with van der Waals surface area (Å²) in [5, 5.41) is 2.87. The molecule has 0 radical (unpaired) electrons. The second-order valence-corrected chi connectivity index (χ2v) is 12.2. The smallest absolute Gasteiger partial charge is 0.416 e. The fourth-order valence-corrected chi connectivity index (χ4v) is 5.11. The van der Waals surface area contributed by atoms with Gasteiger partial charge in [0.2, 0.25) is 5.28 Å². The zero-order valence-electron chi connectivity index (χ0n) is 23.0. The summed E-state index contributed by atoms with van der Waals surface area (Å²) in [6.07, 6.45) is 0.853. The van der Waals surface area contributed by atoms with E-state index >= 15 is 0 Å². The van der Waals surface area contributed by atoms with Gasteiger partial charge in [0, 0.05) is 18.4 Å². The molecule has 208 valence electrons. The van der Waals surface area contributed by atoms with Crippen molar-refractivity contribution in [2.75, 3.05) is 18.6 Å². The number of nitrogens with zero attached hydrogens (tertiary/aromatic N) is 3. The van der Waals surface area contributed by atoms with E-state index in [1.54, 1.807) is 60.8 Å². The normalized spacial score (nSPS) is 12.9. The SMILES string of the molecule is COC[C@@H](Cc1sc2c(N(Cc3ccco3)C(=O)OC(C)(C)C)nc(Cl)nc2c1C)NC(=O)OC(C)(C)C. The van der Waals surface area contributed by atoms with Crippen LogP contribution in [0.4, 0.5) is 15.4 Å². The van der Waals surface area contributed by atoms with Crippen molar-refractivity contribution >= 4 is 51.2 Å². The van der Waals surface area contributed by atoms with E-state index < -0.39 is 23.4 Å². The highest BCUT2D eigenvalue weighted by atomic mass is 35.5. The van der Waals surface area contributed by atoms with Crippen molar-refractivity contribution in [1.82, 2.24) is 15.3 Å². The second kappa shape index (κ2) is 11.9. The molecule has 3 aromatic rings. The van der Waals surface area contributed by atoms with Crippen molar-refractivity contribution in [2.45, 2.75) is 78.7 Å². The van der Waals surface area contributed by atoms with E-state index in [0.29, 0.717) is 28.2 Å². The molecule has 0 aromatic carbocycles. The van der Waals surface area contributed by atoms with Gasteiger partial charge in [0.15, 0.2) is 5.82 Å². The van der Waals surface area contributed by atoms with Gasteiger partial charge < -0.3 is 23.9 Å². The average molecular weight is 567 g/mol. The number of hydrogen-bond acceptors (Lipinski definition) is 9. The van der Waals surface area contributed by atoms with Crippen LogP contribution in [0.25, 0.3) is 10.2 Å². The van der Waals surface area contributed by atoms with Gasteiger partial charge in [0.1, 0.15) is 17.0 Å². The van der Waals surface area contributed by atoms with Crippen LogP contribution in [0.5, 0.6) is 0 Å². The molecular weight excluding hydrogens is 532 g/mol. The molecule has 0 aliphatic carbocycles. The number of nitrogens with one attached hydrogen (secondary N) is 1. The van der Waals surface area contributed by atoms with Crippen LogP contribution in [0.1, 0.15) is 57.7 Å². The lowest BCUT2D eigenvalue weighted by molar-refractivity contribution is 0.0468. The third kappa shape index (κ3) is 8.05. The van der Waals surface area contributed by atoms with Crippen LogP contribution in [0, 0.1) is 6.92 Å². The summed E-state index contributed by atoms with van der Waals surface area (Å²) < 4.78 is 22.6. The molecule has 0 fully saturated rings. The minimum Gasteiger partial charge on any atom is -0.467 e. The molecule has 12 heteroatoms. The minimum atomic E-state index is -0.730. The van der Waals surface area contributed by atoms with E-state index in [2.05, 4.69) is 15.3 Å². The summed E-state index contributed by atoms with van der Waals surface area (Å²) in [6.45, 7) is 13.1. The van der Waals surface area contributed by atoms with E-state index in [0.717, 1.165) is 10.4 Å². The van der Waals surface area contributed by atoms with E-state index in [4.69, 9.17) is 30.2 Å². The molecule has 0 unspecified atom stereocenters. The Labute approximate surface area is 231 Å². The van der Waals surface area contributed by atoms with E-state index in [1.807, 2.05) is 6.92 Å². The number of halogens is 1. The number of rotatable bonds is 8. The first kappa shape index (κ1) is 29.7. The molecule has 1 N–H and O–H groups in total. The molecule has 3 heterocycles. The number of ether oxygens (including phenoxy) is 3. The number of fused-ring (bicyclic) bond motifs is 1. The lowest BCUT2D eigenvalue weighted by Gasteiger charge is -2.26. The van der Waals surface area contributed by atoms with Gasteiger partial charge in [-0.3, -0.25) is 4.90 Å². The quantitative estimate of drug-likeness (QED) is 0.317. The number of amides is 2. The molecule has 3 rings (SSSR count). The maximum Gasteiger partial charge on any atom is 0.416 e. The summed E-state index contributed by atoms with van der Waals surface area (Å²) in [7, 11) is 1.57. The maximum atomic E-state index is 13.3. The summed E-state index contributed by atoms with van der Waals surface area (Å²) >= 11 is 7.76. The fraction of sp³-hybridized carbons (Fsp3) is 0.538. The Kier molecular flexibility index (Phi) is 9.27. The van der Waals surface area contributed by atoms with Crippen molar-refractivity contribution in [1.29, 1.82) is 0 Å². The van der Waals surface area contributed by atoms with Gasteiger partial charge in [-0.25, -0.2) is 14.6 Å². The predicted molar refractivity (Wildman–Crippen MR) is 147 cm³/mol. The van der Waals surface area contributed by atoms with Gasteiger partial charge in [-0.05, 0) is 77.8 Å². The number of carbonyl (C=O) groups excluding carboxylic acids is 2. The molecule has 10 nitrogen and oxygen atoms in total. The summed E-state index contributed by atoms with van der Waals surface area (Å²) in [5.74, 6) is 0.863. The number of carbonyl (C=O) groups is 2. The van der Waals surface area contributed by atoms with Crippen LogP contribution < -0.4 is 10.2 Å². The highest BCUT2D eigenvalue weighted by molar-refractivity contribution is 7.19. The van der Waals surface area contributed by atoms with Crippen LogP contribution in [-0.4, -0.2) is 53.1 Å². The molecular formula is C26H35ClN4O6S. The Morgan fingerprint density at radius 3 is 2.42 bits per heavy atom. The molecule has 3 aromatic heterocycles. The molecule has 0 spiro atoms. The first-order valence-electron chi connectivity index (χ1n) is 12.1. The van der Waals surface area contributed by atoms with Crippen molar-refractivity contribution in [3.63, 3.8) is 0 Å². The molecule has 0 aliphatic heterocycles. The number of hydrogen-bond donors (Lipinski definition) is 1. The monoisotopic (exact) mass is 566 g/mol. The zero-order valence-corrected chi connectivity index (χ0v) is 24.6. The Hall–Kier alpha value is -2.89. The van der Waals surface area contributed by atoms with Crippen molar-refractivity contribution < 1.29 is 28.2 Å². The van der Waals surface area contributed by atoms with Crippen molar-refractivity contribution in [3.05, 3.63) is 39.9 Å². The summed E-state index contributed by atoms with van der Waals surface area (Å²) in [5.41, 5.74) is 0.118. The van der Waals surface area contributed by atoms with E-state index in [1.165, 1.54) is 22.5 Å². The zero-order chi connectivity index (χ0) is 28.3. The first-order chi connectivity index (χ1) is 17.7. The highest BCUT2D eigenvalue weighted by Crippen LogP contribution is 2.38. The Balaban J connectivity index is 2.01. The minimum absolute atomic E-state index is 0.00623. The molecule has 0 saturated carbocycles. The Morgan fingerprint density at radius 1 is 1.16 bits per heavy atom. The standard InChI is InChI=1S/C26H35ClN4O6S/c1-15-18(12-16(14-34-8)28-23(32)36-25(2,3)4)38-20-19(15)29-22(27)30-21(20)31(13-17-10-9-11-35-17)24(33)37-26(5,6)7/h9-11,16H,12-14H2,1-8H3,(H,28,32)/t16-/m1/s1. The number of aromatic nitrogens is 2. The van der Waals surface area contributed by atoms with Crippen LogP contribution in [0.15, 0.2) is 22.8 Å². The number of thiophene rings is 1. The van der Waals surface area contributed by atoms with Crippen molar-refractivity contribution in [3.8, 4) is 0 Å². The Morgan fingerprint density at radius 2 is 1.84 bits per heavy atom. The van der Waals surface area contributed by atoms with Gasteiger partial charge in [-0.1, -0.05) is 0 Å². The number of furan rings is 1. The molecule has 2 amide bonds. The van der Waals surface area contributed by atoms with Gasteiger partial charge in [-0.15, -0.1) is 11.3 Å². The van der Waals surface area contributed by atoms with Crippen LogP contribution in [0.2, 0.25) is 5.28 Å². The Bertz CT molecular complexity index is 1260. The molecule has 38 heavy (non-hydrogen) atoms. The lowest BCUT2D eigenvalue weighted by Crippen LogP contribution is -2.42. The average Bonchev–Trinajstić information content (AvgIpc) is 3.38. The molecule has 1 atom stereocenters. The number of anilines is 1. The third-order valence-electron chi connectivity index (χ3n) is 5.10. The van der Waals surface area contributed by atoms with Crippen LogP contribution in [-0.2, 0) is 27.2 Å². The highest BCUT2D eigenvalue weighted by Gasteiger charge is 2.30. The largest absolute Gasteiger partial charge is 0.467 e. The topological polar surface area (TPSA) is 116 Å². The first-order valence-corrected chi connectivity index (χ1v) is 13.3. The number of aryl methyl sites for hydroxylation is 1. The van der Waals surface area contributed by atoms with Crippen molar-refractivity contribution in [2.24, 2.45) is 0 Å². The van der Waals surface area contributed by atoms with Gasteiger partial charge in [-0.2, -0.15) is 4.98 Å². The van der Waals surface area contributed by atoms with E-state index in [9.17, 15) is 9.59 Å². The second-order valence-electron chi connectivity index (χ2n) is 10.8.